The van der Waals surface area contributed by atoms with E-state index in [4.69, 9.17) is 5.11 Å². The molecule has 0 radical (unpaired) electrons. The van der Waals surface area contributed by atoms with E-state index < -0.39 is 12.8 Å². The molecule has 5 heteroatoms. The van der Waals surface area contributed by atoms with Crippen molar-refractivity contribution >= 4 is 0 Å². The molecule has 0 aromatic carbocycles. The van der Waals surface area contributed by atoms with Gasteiger partial charge in [0.05, 0.1) is 6.10 Å². The Bertz CT molecular complexity index is 223. The van der Waals surface area contributed by atoms with Gasteiger partial charge in [0, 0.05) is 6.61 Å². The highest BCUT2D eigenvalue weighted by atomic mass is 19.4. The first-order valence-corrected chi connectivity index (χ1v) is 4.99. The zero-order chi connectivity index (χ0) is 11.3. The molecule has 0 aromatic heterocycles. The number of allylic oxidation sites excluding steroid dienone is 1. The SMILES string of the molecule is OC1C=C(CCCOCC(F)(F)F)CC1. The number of alkyl halides is 3. The summed E-state index contributed by atoms with van der Waals surface area (Å²) in [5.74, 6) is 0. The molecule has 1 rings (SSSR count). The summed E-state index contributed by atoms with van der Waals surface area (Å²) in [4.78, 5) is 0. The van der Waals surface area contributed by atoms with Crippen LogP contribution in [0.25, 0.3) is 0 Å². The highest BCUT2D eigenvalue weighted by Crippen LogP contribution is 2.22. The van der Waals surface area contributed by atoms with Gasteiger partial charge >= 0.3 is 6.18 Å². The van der Waals surface area contributed by atoms with E-state index in [0.29, 0.717) is 6.42 Å². The molecule has 15 heavy (non-hydrogen) atoms. The summed E-state index contributed by atoms with van der Waals surface area (Å²) in [7, 11) is 0. The van der Waals surface area contributed by atoms with E-state index in [1.54, 1.807) is 6.08 Å². The molecule has 1 N–H and O–H groups in total. The first-order valence-electron chi connectivity index (χ1n) is 4.99. The van der Waals surface area contributed by atoms with Crippen molar-refractivity contribution in [1.29, 1.82) is 0 Å². The number of hydrogen-bond donors (Lipinski definition) is 1. The van der Waals surface area contributed by atoms with Gasteiger partial charge in [-0.25, -0.2) is 0 Å². The number of rotatable bonds is 5. The molecular formula is C10H15F3O2. The first kappa shape index (κ1) is 12.5. The predicted molar refractivity (Wildman–Crippen MR) is 49.4 cm³/mol. The highest BCUT2D eigenvalue weighted by Gasteiger charge is 2.27. The van der Waals surface area contributed by atoms with Crippen LogP contribution in [0.3, 0.4) is 0 Å². The van der Waals surface area contributed by atoms with Crippen LogP contribution in [0.15, 0.2) is 11.6 Å². The molecule has 1 aliphatic rings. The number of aliphatic hydroxyl groups excluding tert-OH is 1. The average molecular weight is 224 g/mol. The number of halogens is 3. The van der Waals surface area contributed by atoms with Gasteiger partial charge in [-0.05, 0) is 25.7 Å². The minimum Gasteiger partial charge on any atom is -0.389 e. The third kappa shape index (κ3) is 5.79. The van der Waals surface area contributed by atoms with Gasteiger partial charge in [-0.3, -0.25) is 0 Å². The Kier molecular flexibility index (Phi) is 4.60. The Balaban J connectivity index is 2.00. The van der Waals surface area contributed by atoms with Crippen molar-refractivity contribution in [2.45, 2.75) is 38.0 Å². The molecule has 0 heterocycles. The molecule has 0 aliphatic heterocycles. The molecule has 0 amide bonds. The van der Waals surface area contributed by atoms with Crippen LogP contribution in [0.4, 0.5) is 13.2 Å². The largest absolute Gasteiger partial charge is 0.411 e. The van der Waals surface area contributed by atoms with Gasteiger partial charge < -0.3 is 9.84 Å². The van der Waals surface area contributed by atoms with Crippen LogP contribution in [0.5, 0.6) is 0 Å². The molecule has 0 saturated carbocycles. The van der Waals surface area contributed by atoms with E-state index in [1.165, 1.54) is 0 Å². The lowest BCUT2D eigenvalue weighted by Crippen LogP contribution is -2.17. The van der Waals surface area contributed by atoms with Gasteiger partial charge in [-0.2, -0.15) is 13.2 Å². The molecule has 2 nitrogen and oxygen atoms in total. The van der Waals surface area contributed by atoms with Crippen LogP contribution >= 0.6 is 0 Å². The van der Waals surface area contributed by atoms with Crippen molar-refractivity contribution in [3.8, 4) is 0 Å². The molecule has 0 bridgehead atoms. The van der Waals surface area contributed by atoms with E-state index in [-0.39, 0.29) is 12.7 Å². The molecular weight excluding hydrogens is 209 g/mol. The van der Waals surface area contributed by atoms with E-state index in [9.17, 15) is 13.2 Å². The van der Waals surface area contributed by atoms with Gasteiger partial charge in [-0.1, -0.05) is 11.6 Å². The lowest BCUT2D eigenvalue weighted by atomic mass is 10.1. The second kappa shape index (κ2) is 5.51. The molecule has 1 atom stereocenters. The van der Waals surface area contributed by atoms with Gasteiger partial charge in [0.1, 0.15) is 6.61 Å². The second-order valence-electron chi connectivity index (χ2n) is 3.70. The fraction of sp³-hybridized carbons (Fsp3) is 0.800. The molecule has 0 aromatic rings. The van der Waals surface area contributed by atoms with Crippen molar-refractivity contribution in [2.24, 2.45) is 0 Å². The van der Waals surface area contributed by atoms with Crippen LogP contribution in [-0.4, -0.2) is 30.6 Å². The zero-order valence-corrected chi connectivity index (χ0v) is 8.39. The predicted octanol–water partition coefficient (Wildman–Crippen LogP) is 2.43. The molecule has 0 saturated heterocycles. The third-order valence-corrected chi connectivity index (χ3v) is 2.24. The quantitative estimate of drug-likeness (QED) is 0.574. The second-order valence-corrected chi connectivity index (χ2v) is 3.70. The van der Waals surface area contributed by atoms with Crippen LogP contribution in [0.1, 0.15) is 25.7 Å². The van der Waals surface area contributed by atoms with Crippen molar-refractivity contribution < 1.29 is 23.0 Å². The van der Waals surface area contributed by atoms with E-state index in [1.807, 2.05) is 0 Å². The van der Waals surface area contributed by atoms with Crippen molar-refractivity contribution in [3.63, 3.8) is 0 Å². The van der Waals surface area contributed by atoms with Crippen LogP contribution in [0.2, 0.25) is 0 Å². The molecule has 1 aliphatic carbocycles. The summed E-state index contributed by atoms with van der Waals surface area (Å²) in [6.45, 7) is -1.05. The summed E-state index contributed by atoms with van der Waals surface area (Å²) in [6, 6.07) is 0. The topological polar surface area (TPSA) is 29.5 Å². The molecule has 88 valence electrons. The maximum absolute atomic E-state index is 11.7. The van der Waals surface area contributed by atoms with Crippen molar-refractivity contribution in [1.82, 2.24) is 0 Å². The summed E-state index contributed by atoms with van der Waals surface area (Å²) < 4.78 is 39.5. The summed E-state index contributed by atoms with van der Waals surface area (Å²) in [5.41, 5.74) is 1.12. The fourth-order valence-electron chi connectivity index (χ4n) is 1.57. The average Bonchev–Trinajstić information content (AvgIpc) is 2.49. The lowest BCUT2D eigenvalue weighted by molar-refractivity contribution is -0.174. The smallest absolute Gasteiger partial charge is 0.389 e. The van der Waals surface area contributed by atoms with E-state index in [2.05, 4.69) is 4.74 Å². The standard InChI is InChI=1S/C10H15F3O2/c11-10(12,13)7-15-5-1-2-8-3-4-9(14)6-8/h6,9,14H,1-5,7H2. The van der Waals surface area contributed by atoms with Crippen molar-refractivity contribution in [3.05, 3.63) is 11.6 Å². The number of hydrogen-bond acceptors (Lipinski definition) is 2. The maximum atomic E-state index is 11.7. The third-order valence-electron chi connectivity index (χ3n) is 2.24. The molecule has 0 spiro atoms. The van der Waals surface area contributed by atoms with Gasteiger partial charge in [0.25, 0.3) is 0 Å². The van der Waals surface area contributed by atoms with E-state index in [0.717, 1.165) is 24.8 Å². The Labute approximate surface area is 86.7 Å². The number of ether oxygens (including phenoxy) is 1. The van der Waals surface area contributed by atoms with Gasteiger partial charge in [0.2, 0.25) is 0 Å². The Hall–Kier alpha value is -0.550. The van der Waals surface area contributed by atoms with Gasteiger partial charge in [0.15, 0.2) is 0 Å². The number of aliphatic hydroxyl groups is 1. The Morgan fingerprint density at radius 3 is 2.73 bits per heavy atom. The summed E-state index contributed by atoms with van der Waals surface area (Å²) in [6.07, 6.45) is 0.0612. The molecule has 0 fully saturated rings. The molecule has 1 unspecified atom stereocenters. The van der Waals surface area contributed by atoms with Crippen LogP contribution in [-0.2, 0) is 4.74 Å². The first-order chi connectivity index (χ1) is 6.97. The summed E-state index contributed by atoms with van der Waals surface area (Å²) in [5, 5.41) is 9.15. The Morgan fingerprint density at radius 1 is 1.47 bits per heavy atom. The lowest BCUT2D eigenvalue weighted by Gasteiger charge is -2.07. The minimum absolute atomic E-state index is 0.118. The van der Waals surface area contributed by atoms with Crippen LogP contribution in [0, 0.1) is 0 Å². The highest BCUT2D eigenvalue weighted by molar-refractivity contribution is 5.11. The monoisotopic (exact) mass is 224 g/mol. The van der Waals surface area contributed by atoms with Crippen LogP contribution < -0.4 is 0 Å². The summed E-state index contributed by atoms with van der Waals surface area (Å²) >= 11 is 0. The zero-order valence-electron chi connectivity index (χ0n) is 8.39. The fourth-order valence-corrected chi connectivity index (χ4v) is 1.57. The minimum atomic E-state index is -4.23. The van der Waals surface area contributed by atoms with E-state index >= 15 is 0 Å². The maximum Gasteiger partial charge on any atom is 0.411 e. The van der Waals surface area contributed by atoms with Gasteiger partial charge in [-0.15, -0.1) is 0 Å². The Morgan fingerprint density at radius 2 is 2.20 bits per heavy atom. The van der Waals surface area contributed by atoms with Crippen molar-refractivity contribution in [2.75, 3.05) is 13.2 Å². The normalized spacial score (nSPS) is 21.9.